The zero-order valence-corrected chi connectivity index (χ0v) is 15.9. The van der Waals surface area contributed by atoms with E-state index in [-0.39, 0.29) is 11.5 Å². The molecule has 0 radical (unpaired) electrons. The Morgan fingerprint density at radius 3 is 2.48 bits per heavy atom. The summed E-state index contributed by atoms with van der Waals surface area (Å²) in [5.41, 5.74) is 2.84. The van der Waals surface area contributed by atoms with Gasteiger partial charge in [-0.3, -0.25) is 9.59 Å². The molecule has 3 aromatic rings. The predicted octanol–water partition coefficient (Wildman–Crippen LogP) is 4.46. The van der Waals surface area contributed by atoms with E-state index in [1.807, 2.05) is 38.1 Å². The second-order valence-electron chi connectivity index (χ2n) is 6.26. The van der Waals surface area contributed by atoms with Gasteiger partial charge in [0.1, 0.15) is 6.04 Å². The number of nitrogens with one attached hydrogen (secondary N) is 1. The Bertz CT molecular complexity index is 1010. The molecule has 0 saturated heterocycles. The number of nitrogens with zero attached hydrogens (tertiary/aromatic N) is 2. The summed E-state index contributed by atoms with van der Waals surface area (Å²) in [5, 5.41) is 7.66. The summed E-state index contributed by atoms with van der Waals surface area (Å²) < 4.78 is 1.24. The van der Waals surface area contributed by atoms with Crippen LogP contribution in [-0.4, -0.2) is 15.7 Å². The third kappa shape index (κ3) is 4.26. The number of amides is 1. The van der Waals surface area contributed by atoms with Crippen LogP contribution in [-0.2, 0) is 4.79 Å². The van der Waals surface area contributed by atoms with Crippen LogP contribution >= 0.6 is 11.6 Å². The Morgan fingerprint density at radius 1 is 1.11 bits per heavy atom. The minimum atomic E-state index is -0.737. The molecule has 0 unspecified atom stereocenters. The van der Waals surface area contributed by atoms with Crippen molar-refractivity contribution in [3.05, 3.63) is 81.6 Å². The molecule has 0 aliphatic carbocycles. The van der Waals surface area contributed by atoms with Gasteiger partial charge in [-0.05, 0) is 31.5 Å². The van der Waals surface area contributed by atoms with Crippen LogP contribution in [0.15, 0.2) is 65.5 Å². The van der Waals surface area contributed by atoms with Crippen molar-refractivity contribution in [1.29, 1.82) is 0 Å². The summed E-state index contributed by atoms with van der Waals surface area (Å²) in [5.74, 6) is -0.332. The number of aryl methyl sites for hydroxylation is 1. The number of para-hydroxylation sites is 1. The Kier molecular flexibility index (Phi) is 5.72. The molecular weight excluding hydrogens is 362 g/mol. The van der Waals surface area contributed by atoms with Crippen LogP contribution in [0.5, 0.6) is 0 Å². The first-order valence-electron chi connectivity index (χ1n) is 8.72. The van der Waals surface area contributed by atoms with Gasteiger partial charge in [-0.15, -0.1) is 0 Å². The molecule has 0 spiro atoms. The SMILES string of the molecule is CC[C@@H](C(=O)Nc1ccccc1Cl)n1nc(-c2ccc(C)cc2)ccc1=O. The molecule has 0 bridgehead atoms. The van der Waals surface area contributed by atoms with Crippen molar-refractivity contribution >= 4 is 23.2 Å². The van der Waals surface area contributed by atoms with E-state index in [1.165, 1.54) is 10.7 Å². The van der Waals surface area contributed by atoms with Crippen molar-refractivity contribution in [1.82, 2.24) is 9.78 Å². The van der Waals surface area contributed by atoms with Gasteiger partial charge in [-0.2, -0.15) is 5.10 Å². The monoisotopic (exact) mass is 381 g/mol. The first-order chi connectivity index (χ1) is 13.0. The van der Waals surface area contributed by atoms with Crippen molar-refractivity contribution in [2.75, 3.05) is 5.32 Å². The van der Waals surface area contributed by atoms with Gasteiger partial charge >= 0.3 is 0 Å². The average molecular weight is 382 g/mol. The molecule has 5 nitrogen and oxygen atoms in total. The highest BCUT2D eigenvalue weighted by atomic mass is 35.5. The third-order valence-corrected chi connectivity index (χ3v) is 4.62. The average Bonchev–Trinajstić information content (AvgIpc) is 2.66. The molecule has 6 heteroatoms. The largest absolute Gasteiger partial charge is 0.323 e. The summed E-state index contributed by atoms with van der Waals surface area (Å²) in [6.07, 6.45) is 0.417. The number of rotatable bonds is 5. The van der Waals surface area contributed by atoms with Crippen LogP contribution in [0.3, 0.4) is 0 Å². The number of aromatic nitrogens is 2. The first kappa shape index (κ1) is 18.9. The Hall–Kier alpha value is -2.92. The lowest BCUT2D eigenvalue weighted by molar-refractivity contribution is -0.119. The fourth-order valence-corrected chi connectivity index (χ4v) is 2.96. The maximum atomic E-state index is 12.8. The number of carbonyl (C=O) groups is 1. The highest BCUT2D eigenvalue weighted by Crippen LogP contribution is 2.23. The van der Waals surface area contributed by atoms with Gasteiger partial charge in [0, 0.05) is 11.6 Å². The Morgan fingerprint density at radius 2 is 1.81 bits per heavy atom. The van der Waals surface area contributed by atoms with Crippen LogP contribution in [0.25, 0.3) is 11.3 Å². The highest BCUT2D eigenvalue weighted by molar-refractivity contribution is 6.33. The van der Waals surface area contributed by atoms with E-state index in [0.717, 1.165) is 11.1 Å². The molecule has 0 aliphatic heterocycles. The molecule has 0 saturated carbocycles. The Labute approximate surface area is 162 Å². The van der Waals surface area contributed by atoms with Crippen LogP contribution in [0, 0.1) is 6.92 Å². The smallest absolute Gasteiger partial charge is 0.267 e. The predicted molar refractivity (Wildman–Crippen MR) is 108 cm³/mol. The minimum Gasteiger partial charge on any atom is -0.323 e. The molecule has 1 heterocycles. The van der Waals surface area contributed by atoms with Crippen LogP contribution in [0.1, 0.15) is 24.9 Å². The van der Waals surface area contributed by atoms with E-state index in [2.05, 4.69) is 10.4 Å². The lowest BCUT2D eigenvalue weighted by atomic mass is 10.1. The minimum absolute atomic E-state index is 0.327. The van der Waals surface area contributed by atoms with E-state index in [1.54, 1.807) is 30.3 Å². The number of anilines is 1. The van der Waals surface area contributed by atoms with Crippen molar-refractivity contribution in [3.63, 3.8) is 0 Å². The lowest BCUT2D eigenvalue weighted by Gasteiger charge is -2.18. The van der Waals surface area contributed by atoms with E-state index >= 15 is 0 Å². The summed E-state index contributed by atoms with van der Waals surface area (Å²) in [4.78, 5) is 25.1. The van der Waals surface area contributed by atoms with Crippen LogP contribution in [0.4, 0.5) is 5.69 Å². The molecular formula is C21H20ClN3O2. The highest BCUT2D eigenvalue weighted by Gasteiger charge is 2.22. The van der Waals surface area contributed by atoms with Gasteiger partial charge < -0.3 is 5.32 Å². The normalized spacial score (nSPS) is 11.8. The Balaban J connectivity index is 1.93. The topological polar surface area (TPSA) is 64.0 Å². The summed E-state index contributed by atoms with van der Waals surface area (Å²) in [7, 11) is 0. The fraction of sp³-hybridized carbons (Fsp3) is 0.190. The second kappa shape index (κ2) is 8.18. The molecule has 1 N–H and O–H groups in total. The molecule has 0 fully saturated rings. The molecule has 27 heavy (non-hydrogen) atoms. The third-order valence-electron chi connectivity index (χ3n) is 4.29. The van der Waals surface area contributed by atoms with Gasteiger partial charge in [0.25, 0.3) is 5.56 Å². The van der Waals surface area contributed by atoms with E-state index in [9.17, 15) is 9.59 Å². The molecule has 1 amide bonds. The van der Waals surface area contributed by atoms with Crippen molar-refractivity contribution in [3.8, 4) is 11.3 Å². The second-order valence-corrected chi connectivity index (χ2v) is 6.67. The van der Waals surface area contributed by atoms with Crippen molar-refractivity contribution in [2.45, 2.75) is 26.3 Å². The first-order valence-corrected chi connectivity index (χ1v) is 9.09. The van der Waals surface area contributed by atoms with Gasteiger partial charge in [0.15, 0.2) is 0 Å². The van der Waals surface area contributed by atoms with Crippen molar-refractivity contribution in [2.24, 2.45) is 0 Å². The van der Waals surface area contributed by atoms with Gasteiger partial charge in [-0.1, -0.05) is 60.5 Å². The van der Waals surface area contributed by atoms with E-state index < -0.39 is 6.04 Å². The van der Waals surface area contributed by atoms with E-state index in [0.29, 0.717) is 22.8 Å². The summed E-state index contributed by atoms with van der Waals surface area (Å²) in [6, 6.07) is 17.2. The summed E-state index contributed by atoms with van der Waals surface area (Å²) in [6.45, 7) is 3.84. The maximum Gasteiger partial charge on any atom is 0.267 e. The van der Waals surface area contributed by atoms with Gasteiger partial charge in [0.05, 0.1) is 16.4 Å². The molecule has 0 aliphatic rings. The zero-order valence-electron chi connectivity index (χ0n) is 15.1. The zero-order chi connectivity index (χ0) is 19.4. The summed E-state index contributed by atoms with van der Waals surface area (Å²) >= 11 is 6.11. The van der Waals surface area contributed by atoms with Gasteiger partial charge in [0.2, 0.25) is 5.91 Å². The standard InChI is InChI=1S/C21H20ClN3O2/c1-3-19(21(27)23-18-7-5-4-6-16(18)22)25-20(26)13-12-17(24-25)15-10-8-14(2)9-11-15/h4-13,19H,3H2,1-2H3,(H,23,27)/t19-/m0/s1. The number of hydrogen-bond acceptors (Lipinski definition) is 3. The number of halogens is 1. The molecule has 138 valence electrons. The van der Waals surface area contributed by atoms with E-state index in [4.69, 9.17) is 11.6 Å². The van der Waals surface area contributed by atoms with Gasteiger partial charge in [-0.25, -0.2) is 4.68 Å². The molecule has 1 atom stereocenters. The molecule has 2 aromatic carbocycles. The van der Waals surface area contributed by atoms with Crippen LogP contribution in [0.2, 0.25) is 5.02 Å². The van der Waals surface area contributed by atoms with Crippen molar-refractivity contribution < 1.29 is 4.79 Å². The lowest BCUT2D eigenvalue weighted by Crippen LogP contribution is -2.34. The fourth-order valence-electron chi connectivity index (χ4n) is 2.77. The maximum absolute atomic E-state index is 12.8. The van der Waals surface area contributed by atoms with Crippen LogP contribution < -0.4 is 10.9 Å². The number of benzene rings is 2. The molecule has 3 rings (SSSR count). The molecule has 1 aromatic heterocycles. The number of hydrogen-bond donors (Lipinski definition) is 1. The quantitative estimate of drug-likeness (QED) is 0.709. The number of carbonyl (C=O) groups excluding carboxylic acids is 1.